The van der Waals surface area contributed by atoms with Crippen LogP contribution in [0.25, 0.3) is 0 Å². The van der Waals surface area contributed by atoms with Crippen molar-refractivity contribution in [3.63, 3.8) is 0 Å². The van der Waals surface area contributed by atoms with Crippen LogP contribution in [0, 0.1) is 13.8 Å². The summed E-state index contributed by atoms with van der Waals surface area (Å²) in [6.07, 6.45) is 0.182. The molecule has 0 aliphatic carbocycles. The number of nitrogens with two attached hydrogens (primary N) is 1. The van der Waals surface area contributed by atoms with Crippen LogP contribution < -0.4 is 11.1 Å². The Morgan fingerprint density at radius 3 is 2.57 bits per heavy atom. The standard InChI is InChI=1S/C14H18N2O4S/c1-9-3-4-11(7-10(9)2)21-6-5-13(18)20-8-12(17)16-14(15)19/h3-4,7H,5-6,8H2,1-2H3,(H3,15,16,17,19). The topological polar surface area (TPSA) is 98.5 Å². The minimum Gasteiger partial charge on any atom is -0.456 e. The van der Waals surface area contributed by atoms with E-state index in [2.05, 4.69) is 6.07 Å². The van der Waals surface area contributed by atoms with Crippen LogP contribution in [0.1, 0.15) is 17.5 Å². The van der Waals surface area contributed by atoms with Gasteiger partial charge in [-0.2, -0.15) is 0 Å². The highest BCUT2D eigenvalue weighted by Gasteiger charge is 2.09. The van der Waals surface area contributed by atoms with E-state index in [1.807, 2.05) is 31.3 Å². The number of amides is 3. The number of esters is 1. The summed E-state index contributed by atoms with van der Waals surface area (Å²) in [6.45, 7) is 3.57. The van der Waals surface area contributed by atoms with E-state index in [1.165, 1.54) is 11.1 Å². The predicted molar refractivity (Wildman–Crippen MR) is 79.9 cm³/mol. The number of hydrogen-bond donors (Lipinski definition) is 2. The zero-order valence-corrected chi connectivity index (χ0v) is 12.8. The molecule has 0 spiro atoms. The molecule has 0 aliphatic rings. The van der Waals surface area contributed by atoms with Crippen molar-refractivity contribution in [2.45, 2.75) is 25.2 Å². The predicted octanol–water partition coefficient (Wildman–Crippen LogP) is 1.52. The lowest BCUT2D eigenvalue weighted by atomic mass is 10.1. The summed E-state index contributed by atoms with van der Waals surface area (Å²) in [5.41, 5.74) is 7.17. The number of benzene rings is 1. The lowest BCUT2D eigenvalue weighted by Crippen LogP contribution is -2.37. The highest BCUT2D eigenvalue weighted by atomic mass is 32.2. The smallest absolute Gasteiger partial charge is 0.318 e. The zero-order chi connectivity index (χ0) is 15.8. The van der Waals surface area contributed by atoms with Crippen molar-refractivity contribution < 1.29 is 19.1 Å². The van der Waals surface area contributed by atoms with Crippen molar-refractivity contribution in [3.05, 3.63) is 29.3 Å². The van der Waals surface area contributed by atoms with Crippen LogP contribution in [0.15, 0.2) is 23.1 Å². The van der Waals surface area contributed by atoms with Gasteiger partial charge in [-0.25, -0.2) is 4.79 Å². The van der Waals surface area contributed by atoms with Crippen molar-refractivity contribution in [3.8, 4) is 0 Å². The number of imide groups is 1. The van der Waals surface area contributed by atoms with E-state index in [1.54, 1.807) is 11.8 Å². The maximum atomic E-state index is 11.4. The summed E-state index contributed by atoms with van der Waals surface area (Å²) < 4.78 is 4.71. The molecule has 0 saturated carbocycles. The van der Waals surface area contributed by atoms with Gasteiger partial charge in [0.15, 0.2) is 6.61 Å². The number of urea groups is 1. The van der Waals surface area contributed by atoms with Gasteiger partial charge in [0.2, 0.25) is 0 Å². The third-order valence-corrected chi connectivity index (χ3v) is 3.68. The highest BCUT2D eigenvalue weighted by Crippen LogP contribution is 2.21. The van der Waals surface area contributed by atoms with Gasteiger partial charge in [0, 0.05) is 10.6 Å². The number of aryl methyl sites for hydroxylation is 2. The van der Waals surface area contributed by atoms with Gasteiger partial charge in [-0.1, -0.05) is 6.07 Å². The molecule has 0 saturated heterocycles. The molecule has 0 atom stereocenters. The molecule has 0 heterocycles. The summed E-state index contributed by atoms with van der Waals surface area (Å²) in [4.78, 5) is 33.9. The van der Waals surface area contributed by atoms with Crippen LogP contribution >= 0.6 is 11.8 Å². The SMILES string of the molecule is Cc1ccc(SCCC(=O)OCC(=O)NC(N)=O)cc1C. The molecule has 6 nitrogen and oxygen atoms in total. The third-order valence-electron chi connectivity index (χ3n) is 2.68. The fourth-order valence-corrected chi connectivity index (χ4v) is 2.38. The molecule has 1 aromatic carbocycles. The van der Waals surface area contributed by atoms with Crippen LogP contribution in [-0.2, 0) is 14.3 Å². The van der Waals surface area contributed by atoms with Gasteiger partial charge in [-0.15, -0.1) is 11.8 Å². The first-order valence-electron chi connectivity index (χ1n) is 6.33. The van der Waals surface area contributed by atoms with Gasteiger partial charge >= 0.3 is 12.0 Å². The minimum absolute atomic E-state index is 0.182. The molecule has 0 aromatic heterocycles. The largest absolute Gasteiger partial charge is 0.456 e. The highest BCUT2D eigenvalue weighted by molar-refractivity contribution is 7.99. The minimum atomic E-state index is -0.971. The van der Waals surface area contributed by atoms with Crippen molar-refractivity contribution in [1.82, 2.24) is 5.32 Å². The van der Waals surface area contributed by atoms with E-state index in [0.29, 0.717) is 5.75 Å². The zero-order valence-electron chi connectivity index (χ0n) is 12.0. The van der Waals surface area contributed by atoms with Crippen LogP contribution in [0.4, 0.5) is 4.79 Å². The molecule has 0 bridgehead atoms. The second-order valence-electron chi connectivity index (χ2n) is 4.42. The Balaban J connectivity index is 2.25. The van der Waals surface area contributed by atoms with Crippen LogP contribution in [0.3, 0.4) is 0 Å². The fraction of sp³-hybridized carbons (Fsp3) is 0.357. The van der Waals surface area contributed by atoms with E-state index in [-0.39, 0.29) is 6.42 Å². The first-order valence-corrected chi connectivity index (χ1v) is 7.32. The fourth-order valence-electron chi connectivity index (χ4n) is 1.45. The van der Waals surface area contributed by atoms with Gasteiger partial charge in [0.25, 0.3) is 5.91 Å². The van der Waals surface area contributed by atoms with E-state index in [4.69, 9.17) is 10.5 Å². The molecule has 7 heteroatoms. The lowest BCUT2D eigenvalue weighted by molar-refractivity contribution is -0.147. The maximum absolute atomic E-state index is 11.4. The van der Waals surface area contributed by atoms with Crippen molar-refractivity contribution in [1.29, 1.82) is 0 Å². The number of primary amides is 1. The second kappa shape index (κ2) is 8.31. The number of rotatable bonds is 6. The average molecular weight is 310 g/mol. The molecule has 114 valence electrons. The van der Waals surface area contributed by atoms with E-state index < -0.39 is 24.5 Å². The van der Waals surface area contributed by atoms with Crippen molar-refractivity contribution in [2.75, 3.05) is 12.4 Å². The summed E-state index contributed by atoms with van der Waals surface area (Å²) >= 11 is 1.54. The van der Waals surface area contributed by atoms with Gasteiger partial charge in [-0.3, -0.25) is 14.9 Å². The molecule has 0 radical (unpaired) electrons. The normalized spacial score (nSPS) is 10.0. The Morgan fingerprint density at radius 2 is 1.95 bits per heavy atom. The molecular formula is C14H18N2O4S. The number of carbonyl (C=O) groups excluding carboxylic acids is 3. The number of ether oxygens (including phenoxy) is 1. The van der Waals surface area contributed by atoms with Crippen LogP contribution in [0.2, 0.25) is 0 Å². The van der Waals surface area contributed by atoms with Gasteiger partial charge in [-0.05, 0) is 37.1 Å². The van der Waals surface area contributed by atoms with Gasteiger partial charge in [0.1, 0.15) is 0 Å². The van der Waals surface area contributed by atoms with Gasteiger partial charge < -0.3 is 10.5 Å². The monoisotopic (exact) mass is 310 g/mol. The summed E-state index contributed by atoms with van der Waals surface area (Å²) in [6, 6.07) is 5.12. The molecule has 3 N–H and O–H groups in total. The van der Waals surface area contributed by atoms with E-state index in [9.17, 15) is 14.4 Å². The Bertz CT molecular complexity index is 546. The molecule has 0 aliphatic heterocycles. The Morgan fingerprint density at radius 1 is 1.24 bits per heavy atom. The number of nitrogens with one attached hydrogen (secondary N) is 1. The number of hydrogen-bond acceptors (Lipinski definition) is 5. The van der Waals surface area contributed by atoms with Crippen molar-refractivity contribution >= 4 is 29.7 Å². The second-order valence-corrected chi connectivity index (χ2v) is 5.59. The van der Waals surface area contributed by atoms with Crippen molar-refractivity contribution in [2.24, 2.45) is 5.73 Å². The van der Waals surface area contributed by atoms with Gasteiger partial charge in [0.05, 0.1) is 6.42 Å². The number of carbonyl (C=O) groups is 3. The third kappa shape index (κ3) is 6.80. The number of thioether (sulfide) groups is 1. The molecule has 0 unspecified atom stereocenters. The average Bonchev–Trinajstić information content (AvgIpc) is 2.40. The lowest BCUT2D eigenvalue weighted by Gasteiger charge is -2.06. The Hall–Kier alpha value is -2.02. The molecular weight excluding hydrogens is 292 g/mol. The van der Waals surface area contributed by atoms with Crippen LogP contribution in [-0.4, -0.2) is 30.3 Å². The molecule has 1 rings (SSSR count). The molecule has 3 amide bonds. The first-order chi connectivity index (χ1) is 9.88. The molecule has 21 heavy (non-hydrogen) atoms. The summed E-state index contributed by atoms with van der Waals surface area (Å²) in [5.74, 6) is -0.678. The Kier molecular flexibility index (Phi) is 6.74. The van der Waals surface area contributed by atoms with E-state index >= 15 is 0 Å². The maximum Gasteiger partial charge on any atom is 0.318 e. The quantitative estimate of drug-likeness (QED) is 0.613. The van der Waals surface area contributed by atoms with E-state index in [0.717, 1.165) is 4.90 Å². The summed E-state index contributed by atoms with van der Waals surface area (Å²) in [5, 5.41) is 1.81. The summed E-state index contributed by atoms with van der Waals surface area (Å²) in [7, 11) is 0. The molecule has 0 fully saturated rings. The molecule has 1 aromatic rings. The first kappa shape index (κ1) is 17.0. The Labute approximate surface area is 127 Å². The van der Waals surface area contributed by atoms with Crippen LogP contribution in [0.5, 0.6) is 0 Å².